The normalized spacial score (nSPS) is 13.8. The zero-order valence-electron chi connectivity index (χ0n) is 15.6. The predicted octanol–water partition coefficient (Wildman–Crippen LogP) is 5.26. The molecule has 0 amide bonds. The highest BCUT2D eigenvalue weighted by atomic mass is 32.2. The summed E-state index contributed by atoms with van der Waals surface area (Å²) in [5, 5.41) is -0.536. The molecule has 0 heterocycles. The number of rotatable bonds is 5. The monoisotopic (exact) mass is 360 g/mol. The van der Waals surface area contributed by atoms with Crippen molar-refractivity contribution in [3.63, 3.8) is 0 Å². The summed E-state index contributed by atoms with van der Waals surface area (Å²) in [5.41, 5.74) is 4.03. The second-order valence-electron chi connectivity index (χ2n) is 7.89. The second kappa shape index (κ2) is 6.85. The van der Waals surface area contributed by atoms with Crippen LogP contribution >= 0.6 is 0 Å². The van der Waals surface area contributed by atoms with E-state index < -0.39 is 23.2 Å². The molecule has 4 heteroatoms. The molecule has 24 heavy (non-hydrogen) atoms. The van der Waals surface area contributed by atoms with Crippen molar-refractivity contribution in [2.45, 2.75) is 56.6 Å². The maximum atomic E-state index is 13.2. The van der Waals surface area contributed by atoms with E-state index >= 15 is 0 Å². The van der Waals surface area contributed by atoms with E-state index in [2.05, 4.69) is 25.7 Å². The summed E-state index contributed by atoms with van der Waals surface area (Å²) in [7, 11) is -4.73. The van der Waals surface area contributed by atoms with Crippen molar-refractivity contribution >= 4 is 17.9 Å². The smallest absolute Gasteiger partial charge is 0.185 e. The molecule has 0 N–H and O–H groups in total. The van der Waals surface area contributed by atoms with E-state index in [9.17, 15) is 8.42 Å². The Kier molecular flexibility index (Phi) is 5.40. The highest BCUT2D eigenvalue weighted by Gasteiger charge is 2.29. The van der Waals surface area contributed by atoms with E-state index in [1.54, 1.807) is 6.07 Å². The van der Waals surface area contributed by atoms with Crippen LogP contribution in [0.25, 0.3) is 0 Å². The average molecular weight is 361 g/mol. The van der Waals surface area contributed by atoms with E-state index in [1.807, 2.05) is 51.1 Å². The van der Waals surface area contributed by atoms with Gasteiger partial charge in [0.15, 0.2) is 9.84 Å². The molecule has 1 atom stereocenters. The van der Waals surface area contributed by atoms with Gasteiger partial charge in [-0.25, -0.2) is 8.42 Å². The third kappa shape index (κ3) is 4.17. The summed E-state index contributed by atoms with van der Waals surface area (Å²) >= 11 is 0. The summed E-state index contributed by atoms with van der Waals surface area (Å²) in [5.74, 6) is 0. The zero-order valence-corrected chi connectivity index (χ0v) is 17.4. The number of benzene rings is 2. The summed E-state index contributed by atoms with van der Waals surface area (Å²) in [4.78, 5) is 0.448. The van der Waals surface area contributed by atoms with Crippen LogP contribution in [-0.4, -0.2) is 16.5 Å². The lowest BCUT2D eigenvalue weighted by Crippen LogP contribution is -2.25. The lowest BCUT2D eigenvalue weighted by molar-refractivity contribution is 0.585. The van der Waals surface area contributed by atoms with Gasteiger partial charge in [0.1, 0.15) is 0 Å². The second-order valence-corrected chi connectivity index (χ2v) is 15.6. The van der Waals surface area contributed by atoms with E-state index in [0.717, 1.165) is 22.7 Å². The lowest BCUT2D eigenvalue weighted by Gasteiger charge is -2.22. The molecule has 0 fully saturated rings. The third-order valence-electron chi connectivity index (χ3n) is 4.32. The average Bonchev–Trinajstić information content (AvgIpc) is 2.45. The van der Waals surface area contributed by atoms with Crippen LogP contribution in [0.2, 0.25) is 19.6 Å². The molecule has 2 nitrogen and oxygen atoms in total. The highest BCUT2D eigenvalue weighted by Crippen LogP contribution is 2.33. The lowest BCUT2D eigenvalue weighted by atomic mass is 10.1. The molecular formula is C20H28O2SSi. The Bertz CT molecular complexity index is 833. The minimum Gasteiger partial charge on any atom is -0.223 e. The van der Waals surface area contributed by atoms with Gasteiger partial charge in [0, 0.05) is 8.07 Å². The molecule has 2 rings (SSSR count). The van der Waals surface area contributed by atoms with Gasteiger partial charge < -0.3 is 0 Å². The SMILES string of the molecule is Cc1ccc(S(=O)(=O)C(C)c2ccccc2C[Si](C)(C)C)c(C)c1. The van der Waals surface area contributed by atoms with Crippen LogP contribution < -0.4 is 0 Å². The molecule has 0 aliphatic heterocycles. The molecule has 0 aromatic heterocycles. The van der Waals surface area contributed by atoms with Gasteiger partial charge in [-0.05, 0) is 49.6 Å². The van der Waals surface area contributed by atoms with Crippen molar-refractivity contribution < 1.29 is 8.42 Å². The van der Waals surface area contributed by atoms with Crippen LogP contribution in [0.5, 0.6) is 0 Å². The first-order valence-electron chi connectivity index (χ1n) is 8.41. The Morgan fingerprint density at radius 1 is 1.00 bits per heavy atom. The molecule has 2 aromatic carbocycles. The highest BCUT2D eigenvalue weighted by molar-refractivity contribution is 7.91. The van der Waals surface area contributed by atoms with E-state index in [4.69, 9.17) is 0 Å². The van der Waals surface area contributed by atoms with Gasteiger partial charge in [-0.2, -0.15) is 0 Å². The fourth-order valence-electron chi connectivity index (χ4n) is 3.14. The molecule has 0 saturated carbocycles. The van der Waals surface area contributed by atoms with Gasteiger partial charge in [0.2, 0.25) is 0 Å². The van der Waals surface area contributed by atoms with Crippen molar-refractivity contribution in [3.8, 4) is 0 Å². The molecule has 2 aromatic rings. The van der Waals surface area contributed by atoms with Crippen LogP contribution in [0.4, 0.5) is 0 Å². The van der Waals surface area contributed by atoms with Gasteiger partial charge in [0.25, 0.3) is 0 Å². The van der Waals surface area contributed by atoms with Crippen molar-refractivity contribution in [1.29, 1.82) is 0 Å². The van der Waals surface area contributed by atoms with Crippen molar-refractivity contribution in [3.05, 3.63) is 64.7 Å². The third-order valence-corrected chi connectivity index (χ3v) is 8.01. The minimum atomic E-state index is -3.40. The van der Waals surface area contributed by atoms with E-state index in [1.165, 1.54) is 5.56 Å². The van der Waals surface area contributed by atoms with E-state index in [-0.39, 0.29) is 0 Å². The number of hydrogen-bond acceptors (Lipinski definition) is 2. The fourth-order valence-corrected chi connectivity index (χ4v) is 6.31. The first-order valence-corrected chi connectivity index (χ1v) is 13.7. The molecule has 0 aliphatic carbocycles. The number of sulfone groups is 1. The molecular weight excluding hydrogens is 332 g/mol. The summed E-state index contributed by atoms with van der Waals surface area (Å²) in [6, 6.07) is 14.6. The Morgan fingerprint density at radius 3 is 2.21 bits per heavy atom. The Balaban J connectivity index is 2.50. The van der Waals surface area contributed by atoms with Crippen molar-refractivity contribution in [2.75, 3.05) is 0 Å². The molecule has 0 bridgehead atoms. The van der Waals surface area contributed by atoms with Gasteiger partial charge in [-0.1, -0.05) is 61.6 Å². The van der Waals surface area contributed by atoms with Gasteiger partial charge in [0.05, 0.1) is 10.1 Å². The molecule has 0 spiro atoms. The zero-order chi connectivity index (χ0) is 18.1. The summed E-state index contributed by atoms with van der Waals surface area (Å²) in [6.45, 7) is 12.6. The largest absolute Gasteiger partial charge is 0.223 e. The topological polar surface area (TPSA) is 34.1 Å². The summed E-state index contributed by atoms with van der Waals surface area (Å²) in [6.07, 6.45) is 0. The summed E-state index contributed by atoms with van der Waals surface area (Å²) < 4.78 is 26.4. The van der Waals surface area contributed by atoms with Crippen molar-refractivity contribution in [2.24, 2.45) is 0 Å². The Hall–Kier alpha value is -1.39. The maximum absolute atomic E-state index is 13.2. The fraction of sp³-hybridized carbons (Fsp3) is 0.400. The van der Waals surface area contributed by atoms with E-state index in [0.29, 0.717) is 4.90 Å². The van der Waals surface area contributed by atoms with Gasteiger partial charge in [-0.15, -0.1) is 0 Å². The quantitative estimate of drug-likeness (QED) is 0.682. The van der Waals surface area contributed by atoms with Crippen LogP contribution in [0, 0.1) is 13.8 Å². The van der Waals surface area contributed by atoms with Gasteiger partial charge >= 0.3 is 0 Å². The number of aryl methyl sites for hydroxylation is 2. The predicted molar refractivity (Wildman–Crippen MR) is 105 cm³/mol. The number of hydrogen-bond donors (Lipinski definition) is 0. The van der Waals surface area contributed by atoms with Crippen LogP contribution in [0.3, 0.4) is 0 Å². The first kappa shape index (κ1) is 18.9. The Morgan fingerprint density at radius 2 is 1.62 bits per heavy atom. The standard InChI is InChI=1S/C20H28O2SSi/c1-15-11-12-20(16(2)13-15)23(21,22)17(3)19-10-8-7-9-18(19)14-24(4,5)6/h7-13,17H,14H2,1-6H3. The molecule has 1 unspecified atom stereocenters. The van der Waals surface area contributed by atoms with Crippen LogP contribution in [0.15, 0.2) is 47.4 Å². The van der Waals surface area contributed by atoms with Crippen LogP contribution in [-0.2, 0) is 15.9 Å². The van der Waals surface area contributed by atoms with Gasteiger partial charge in [-0.3, -0.25) is 0 Å². The van der Waals surface area contributed by atoms with Crippen molar-refractivity contribution in [1.82, 2.24) is 0 Å². The first-order chi connectivity index (χ1) is 11.0. The molecule has 0 saturated heterocycles. The Labute approximate surface area is 147 Å². The maximum Gasteiger partial charge on any atom is 0.185 e. The van der Waals surface area contributed by atoms with Crippen LogP contribution in [0.1, 0.15) is 34.4 Å². The molecule has 130 valence electrons. The molecule has 0 aliphatic rings. The minimum absolute atomic E-state index is 0.448. The molecule has 0 radical (unpaired) electrons.